The van der Waals surface area contributed by atoms with Gasteiger partial charge in [0, 0.05) is 35.9 Å². The molecule has 0 unspecified atom stereocenters. The molecule has 7 heteroatoms. The molecule has 0 spiro atoms. The number of anilines is 2. The molecule has 6 nitrogen and oxygen atoms in total. The molecule has 3 heterocycles. The molecule has 2 aromatic heterocycles. The van der Waals surface area contributed by atoms with Crippen LogP contribution in [0.25, 0.3) is 11.0 Å². The first-order valence-electron chi connectivity index (χ1n) is 10.4. The van der Waals surface area contributed by atoms with Crippen LogP contribution in [-0.2, 0) is 0 Å². The van der Waals surface area contributed by atoms with Crippen LogP contribution in [-0.4, -0.2) is 41.5 Å². The van der Waals surface area contributed by atoms with E-state index >= 15 is 0 Å². The van der Waals surface area contributed by atoms with E-state index in [1.807, 2.05) is 31.2 Å². The average molecular weight is 427 g/mol. The molecule has 0 radical (unpaired) electrons. The highest BCUT2D eigenvalue weighted by Gasteiger charge is 2.19. The standard InChI is InChI=1S/C23H27ClN4O2/c1-15-6-7-17(13-19(15)24)26-22-18-8-12-30-21(18)14-20(27-22)23(29)25-9-11-28-10-4-3-5-16(28)2/h6-8,12-14,16H,3-5,9-11H2,1-2H3,(H,25,29)(H,26,27)/t16-/m0/s1. The summed E-state index contributed by atoms with van der Waals surface area (Å²) in [5, 5.41) is 7.75. The van der Waals surface area contributed by atoms with Crippen molar-refractivity contribution in [3.8, 4) is 0 Å². The van der Waals surface area contributed by atoms with Gasteiger partial charge in [0.1, 0.15) is 17.1 Å². The van der Waals surface area contributed by atoms with Crippen molar-refractivity contribution in [2.24, 2.45) is 0 Å². The van der Waals surface area contributed by atoms with Gasteiger partial charge in [0.05, 0.1) is 11.6 Å². The number of hydrogen-bond donors (Lipinski definition) is 2. The minimum absolute atomic E-state index is 0.206. The molecular formula is C23H27ClN4O2. The molecule has 30 heavy (non-hydrogen) atoms. The Morgan fingerprint density at radius 1 is 1.30 bits per heavy atom. The summed E-state index contributed by atoms with van der Waals surface area (Å²) in [5.41, 5.74) is 2.74. The molecule has 1 atom stereocenters. The molecule has 1 aromatic carbocycles. The highest BCUT2D eigenvalue weighted by Crippen LogP contribution is 2.28. The molecule has 1 amide bonds. The second kappa shape index (κ2) is 9.06. The smallest absolute Gasteiger partial charge is 0.270 e. The second-order valence-electron chi connectivity index (χ2n) is 7.91. The third-order valence-corrected chi connectivity index (χ3v) is 6.15. The molecule has 1 saturated heterocycles. The Bertz CT molecular complexity index is 1050. The molecule has 1 aliphatic rings. The van der Waals surface area contributed by atoms with E-state index < -0.39 is 0 Å². The number of carbonyl (C=O) groups excluding carboxylic acids is 1. The largest absolute Gasteiger partial charge is 0.464 e. The maximum atomic E-state index is 12.8. The highest BCUT2D eigenvalue weighted by atomic mass is 35.5. The van der Waals surface area contributed by atoms with Crippen LogP contribution < -0.4 is 10.6 Å². The predicted octanol–water partition coefficient (Wildman–Crippen LogP) is 5.14. The minimum Gasteiger partial charge on any atom is -0.464 e. The molecule has 1 aliphatic heterocycles. The fourth-order valence-corrected chi connectivity index (χ4v) is 4.06. The Labute approximate surface area is 181 Å². The number of halogens is 1. The van der Waals surface area contributed by atoms with Crippen molar-refractivity contribution >= 4 is 40.0 Å². The number of likely N-dealkylation sites (tertiary alicyclic amines) is 1. The molecule has 2 N–H and O–H groups in total. The van der Waals surface area contributed by atoms with Crippen molar-refractivity contribution in [2.45, 2.75) is 39.2 Å². The number of nitrogens with one attached hydrogen (secondary N) is 2. The van der Waals surface area contributed by atoms with Crippen LogP contribution in [0.15, 0.2) is 41.0 Å². The number of pyridine rings is 1. The van der Waals surface area contributed by atoms with Gasteiger partial charge >= 0.3 is 0 Å². The zero-order chi connectivity index (χ0) is 21.1. The lowest BCUT2D eigenvalue weighted by Crippen LogP contribution is -2.42. The van der Waals surface area contributed by atoms with Crippen molar-refractivity contribution in [1.82, 2.24) is 15.2 Å². The van der Waals surface area contributed by atoms with Gasteiger partial charge in [0.2, 0.25) is 0 Å². The van der Waals surface area contributed by atoms with Crippen molar-refractivity contribution in [3.63, 3.8) is 0 Å². The number of piperidine rings is 1. The van der Waals surface area contributed by atoms with Crippen molar-refractivity contribution in [2.75, 3.05) is 25.0 Å². The monoisotopic (exact) mass is 426 g/mol. The number of amides is 1. The highest BCUT2D eigenvalue weighted by molar-refractivity contribution is 6.31. The Hall–Kier alpha value is -2.57. The van der Waals surface area contributed by atoms with Crippen LogP contribution >= 0.6 is 11.6 Å². The third-order valence-electron chi connectivity index (χ3n) is 5.74. The van der Waals surface area contributed by atoms with E-state index in [-0.39, 0.29) is 5.91 Å². The summed E-state index contributed by atoms with van der Waals surface area (Å²) < 4.78 is 5.55. The van der Waals surface area contributed by atoms with E-state index in [0.29, 0.717) is 34.7 Å². The van der Waals surface area contributed by atoms with Crippen LogP contribution in [0.4, 0.5) is 11.5 Å². The molecule has 3 aromatic rings. The van der Waals surface area contributed by atoms with Gasteiger partial charge in [0.25, 0.3) is 5.91 Å². The van der Waals surface area contributed by atoms with Crippen molar-refractivity contribution in [3.05, 3.63) is 52.9 Å². The zero-order valence-electron chi connectivity index (χ0n) is 17.4. The van der Waals surface area contributed by atoms with E-state index in [2.05, 4.69) is 27.4 Å². The lowest BCUT2D eigenvalue weighted by atomic mass is 10.0. The number of furan rings is 1. The van der Waals surface area contributed by atoms with E-state index in [9.17, 15) is 4.79 Å². The van der Waals surface area contributed by atoms with Gasteiger partial charge in [-0.2, -0.15) is 0 Å². The van der Waals surface area contributed by atoms with E-state index in [1.165, 1.54) is 19.3 Å². The first-order chi connectivity index (χ1) is 14.5. The molecule has 0 aliphatic carbocycles. The van der Waals surface area contributed by atoms with Gasteiger partial charge in [-0.05, 0) is 57.0 Å². The Kier molecular flexibility index (Phi) is 6.25. The van der Waals surface area contributed by atoms with Crippen LogP contribution in [0.3, 0.4) is 0 Å². The maximum absolute atomic E-state index is 12.8. The van der Waals surface area contributed by atoms with Gasteiger partial charge in [-0.3, -0.25) is 9.69 Å². The van der Waals surface area contributed by atoms with Crippen LogP contribution in [0, 0.1) is 6.92 Å². The molecule has 0 bridgehead atoms. The number of carbonyl (C=O) groups is 1. The normalized spacial score (nSPS) is 17.2. The maximum Gasteiger partial charge on any atom is 0.270 e. The first-order valence-corrected chi connectivity index (χ1v) is 10.8. The Balaban J connectivity index is 1.48. The summed E-state index contributed by atoms with van der Waals surface area (Å²) in [7, 11) is 0. The van der Waals surface area contributed by atoms with Gasteiger partial charge in [-0.1, -0.05) is 24.1 Å². The summed E-state index contributed by atoms with van der Waals surface area (Å²) in [6.45, 7) is 6.75. The molecule has 1 fully saturated rings. The quantitative estimate of drug-likeness (QED) is 0.571. The first kappa shape index (κ1) is 20.7. The number of benzene rings is 1. The SMILES string of the molecule is Cc1ccc(Nc2nc(C(=O)NCCN3CCCC[C@@H]3C)cc3occc23)cc1Cl. The van der Waals surface area contributed by atoms with Gasteiger partial charge < -0.3 is 15.1 Å². The van der Waals surface area contributed by atoms with Crippen molar-refractivity contribution < 1.29 is 9.21 Å². The van der Waals surface area contributed by atoms with E-state index in [0.717, 1.165) is 29.7 Å². The Morgan fingerprint density at radius 2 is 2.17 bits per heavy atom. The molecule has 158 valence electrons. The average Bonchev–Trinajstić information content (AvgIpc) is 3.21. The van der Waals surface area contributed by atoms with Gasteiger partial charge in [-0.15, -0.1) is 0 Å². The summed E-state index contributed by atoms with van der Waals surface area (Å²) in [6, 6.07) is 9.81. The van der Waals surface area contributed by atoms with Gasteiger partial charge in [0.15, 0.2) is 0 Å². The Morgan fingerprint density at radius 3 is 2.97 bits per heavy atom. The number of aryl methyl sites for hydroxylation is 1. The molecular weight excluding hydrogens is 400 g/mol. The van der Waals surface area contributed by atoms with E-state index in [1.54, 1.807) is 12.3 Å². The van der Waals surface area contributed by atoms with Crippen LogP contribution in [0.1, 0.15) is 42.2 Å². The zero-order valence-corrected chi connectivity index (χ0v) is 18.1. The number of aromatic nitrogens is 1. The molecule has 4 rings (SSSR count). The molecule has 0 saturated carbocycles. The number of hydrogen-bond acceptors (Lipinski definition) is 5. The number of fused-ring (bicyclic) bond motifs is 1. The van der Waals surface area contributed by atoms with E-state index in [4.69, 9.17) is 16.0 Å². The summed E-state index contributed by atoms with van der Waals surface area (Å²) in [4.78, 5) is 19.7. The van der Waals surface area contributed by atoms with Crippen LogP contribution in [0.2, 0.25) is 5.02 Å². The summed E-state index contributed by atoms with van der Waals surface area (Å²) >= 11 is 6.24. The number of nitrogens with zero attached hydrogens (tertiary/aromatic N) is 2. The fourth-order valence-electron chi connectivity index (χ4n) is 3.88. The minimum atomic E-state index is -0.206. The third kappa shape index (κ3) is 4.60. The summed E-state index contributed by atoms with van der Waals surface area (Å²) in [6.07, 6.45) is 5.34. The lowest BCUT2D eigenvalue weighted by Gasteiger charge is -2.33. The van der Waals surface area contributed by atoms with Gasteiger partial charge in [-0.25, -0.2) is 4.98 Å². The fraction of sp³-hybridized carbons (Fsp3) is 0.391. The second-order valence-corrected chi connectivity index (χ2v) is 8.32. The van der Waals surface area contributed by atoms with Crippen LogP contribution in [0.5, 0.6) is 0 Å². The lowest BCUT2D eigenvalue weighted by molar-refractivity contribution is 0.0933. The topological polar surface area (TPSA) is 70.4 Å². The van der Waals surface area contributed by atoms with Crippen molar-refractivity contribution in [1.29, 1.82) is 0 Å². The number of rotatable bonds is 6. The predicted molar refractivity (Wildman–Crippen MR) is 121 cm³/mol. The summed E-state index contributed by atoms with van der Waals surface area (Å²) in [5.74, 6) is 0.360.